The molecule has 2 aliphatic heterocycles. The molecule has 0 aliphatic carbocycles. The molecule has 0 saturated heterocycles. The summed E-state index contributed by atoms with van der Waals surface area (Å²) in [5.74, 6) is -0.131. The third-order valence-corrected chi connectivity index (χ3v) is 6.87. The van der Waals surface area contributed by atoms with Crippen LogP contribution in [0.5, 0.6) is 0 Å². The van der Waals surface area contributed by atoms with E-state index in [0.717, 1.165) is 18.7 Å². The van der Waals surface area contributed by atoms with Crippen LogP contribution in [0, 0.1) is 0 Å². The first-order valence-electron chi connectivity index (χ1n) is 6.33. The lowest BCUT2D eigenvalue weighted by molar-refractivity contribution is 0.101. The van der Waals surface area contributed by atoms with Crippen molar-refractivity contribution < 1.29 is 9.59 Å². The predicted molar refractivity (Wildman–Crippen MR) is 95.7 cm³/mol. The minimum atomic E-state index is -0.0657. The van der Waals surface area contributed by atoms with Gasteiger partial charge in [-0.3, -0.25) is 9.59 Å². The molecule has 0 N–H and O–H groups in total. The van der Waals surface area contributed by atoms with Crippen molar-refractivity contribution in [1.82, 2.24) is 0 Å². The van der Waals surface area contributed by atoms with Gasteiger partial charge in [0.25, 0.3) is 0 Å². The van der Waals surface area contributed by atoms with E-state index in [1.54, 1.807) is 0 Å². The van der Waals surface area contributed by atoms with E-state index >= 15 is 0 Å². The molecule has 0 fully saturated rings. The molecule has 0 aromatic heterocycles. The Labute approximate surface area is 152 Å². The minimum Gasteiger partial charge on any atom is -0.288 e. The highest BCUT2D eigenvalue weighted by molar-refractivity contribution is 9.10. The highest BCUT2D eigenvalue weighted by Gasteiger charge is 2.36. The van der Waals surface area contributed by atoms with Crippen molar-refractivity contribution in [3.05, 3.63) is 66.3 Å². The van der Waals surface area contributed by atoms with Gasteiger partial charge in [0.05, 0.1) is 9.81 Å². The molecule has 2 aliphatic rings. The maximum Gasteiger partial charge on any atom is 0.202 e. The van der Waals surface area contributed by atoms with E-state index in [1.165, 1.54) is 23.5 Å². The zero-order valence-electron chi connectivity index (χ0n) is 10.9. The van der Waals surface area contributed by atoms with E-state index in [9.17, 15) is 9.59 Å². The Morgan fingerprint density at radius 2 is 1.09 bits per heavy atom. The highest BCUT2D eigenvalue weighted by Crippen LogP contribution is 2.50. The summed E-state index contributed by atoms with van der Waals surface area (Å²) in [5.41, 5.74) is 1.32. The average molecular weight is 454 g/mol. The second-order valence-electron chi connectivity index (χ2n) is 4.80. The van der Waals surface area contributed by atoms with E-state index in [2.05, 4.69) is 31.9 Å². The lowest BCUT2D eigenvalue weighted by Crippen LogP contribution is -2.02. The molecule has 0 unspecified atom stereocenters. The molecule has 0 radical (unpaired) electrons. The van der Waals surface area contributed by atoms with Gasteiger partial charge in [0.15, 0.2) is 0 Å². The molecule has 0 atom stereocenters. The van der Waals surface area contributed by atoms with Crippen LogP contribution >= 0.6 is 55.4 Å². The van der Waals surface area contributed by atoms with Crippen molar-refractivity contribution >= 4 is 67.0 Å². The van der Waals surface area contributed by atoms with Crippen molar-refractivity contribution in [3.8, 4) is 0 Å². The number of Topliss-reactive ketones (excluding diaryl/α,β-unsaturated/α-hetero) is 2. The Balaban J connectivity index is 1.82. The van der Waals surface area contributed by atoms with Gasteiger partial charge in [-0.25, -0.2) is 0 Å². The molecule has 6 heteroatoms. The molecular weight excluding hydrogens is 448 g/mol. The van der Waals surface area contributed by atoms with Gasteiger partial charge >= 0.3 is 0 Å². The number of halogens is 2. The zero-order valence-corrected chi connectivity index (χ0v) is 15.7. The largest absolute Gasteiger partial charge is 0.288 e. The van der Waals surface area contributed by atoms with Gasteiger partial charge in [-0.15, -0.1) is 0 Å². The van der Waals surface area contributed by atoms with E-state index in [-0.39, 0.29) is 11.6 Å². The Bertz CT molecular complexity index is 830. The summed E-state index contributed by atoms with van der Waals surface area (Å²) < 4.78 is 1.73. The molecule has 0 amide bonds. The highest BCUT2D eigenvalue weighted by atomic mass is 79.9. The molecule has 108 valence electrons. The van der Waals surface area contributed by atoms with Crippen LogP contribution in [-0.2, 0) is 0 Å². The third-order valence-electron chi connectivity index (χ3n) is 3.42. The van der Waals surface area contributed by atoms with Crippen molar-refractivity contribution in [1.29, 1.82) is 0 Å². The molecule has 0 spiro atoms. The van der Waals surface area contributed by atoms with Gasteiger partial charge in [0, 0.05) is 29.9 Å². The van der Waals surface area contributed by atoms with Crippen LogP contribution in [0.15, 0.2) is 64.9 Å². The molecule has 0 bridgehead atoms. The lowest BCUT2D eigenvalue weighted by atomic mass is 10.1. The maximum absolute atomic E-state index is 12.6. The third kappa shape index (κ3) is 2.24. The quantitative estimate of drug-likeness (QED) is 0.479. The molecular formula is C16H6Br2O2S2. The number of thioether (sulfide) groups is 2. The van der Waals surface area contributed by atoms with Crippen LogP contribution in [0.25, 0.3) is 0 Å². The minimum absolute atomic E-state index is 0.0657. The Morgan fingerprint density at radius 1 is 0.682 bits per heavy atom. The number of hydrogen-bond donors (Lipinski definition) is 0. The molecule has 2 aromatic carbocycles. The van der Waals surface area contributed by atoms with E-state index in [0.29, 0.717) is 20.9 Å². The van der Waals surface area contributed by atoms with Gasteiger partial charge in [0.2, 0.25) is 11.6 Å². The van der Waals surface area contributed by atoms with E-state index < -0.39 is 0 Å². The first-order chi connectivity index (χ1) is 10.5. The number of ketones is 2. The van der Waals surface area contributed by atoms with Gasteiger partial charge in [0.1, 0.15) is 0 Å². The summed E-state index contributed by atoms with van der Waals surface area (Å²) in [7, 11) is 0. The summed E-state index contributed by atoms with van der Waals surface area (Å²) in [5, 5.41) is 0. The molecule has 0 saturated carbocycles. The van der Waals surface area contributed by atoms with Crippen molar-refractivity contribution in [2.45, 2.75) is 9.79 Å². The standard InChI is InChI=1S/C16H6Br2O2S2/c17-7-1-3-11-9(5-7)13(19)15(21-11)16-14(20)10-6-8(18)2-4-12(10)22-16/h1-6H/b16-15-. The van der Waals surface area contributed by atoms with Gasteiger partial charge < -0.3 is 0 Å². The first-order valence-corrected chi connectivity index (χ1v) is 9.55. The fraction of sp³-hybridized carbons (Fsp3) is 0. The number of carbonyl (C=O) groups excluding carboxylic acids is 2. The molecule has 22 heavy (non-hydrogen) atoms. The Hall–Kier alpha value is -0.820. The molecule has 2 aromatic rings. The van der Waals surface area contributed by atoms with Crippen molar-refractivity contribution in [2.24, 2.45) is 0 Å². The summed E-state index contributed by atoms with van der Waals surface area (Å²) in [6.07, 6.45) is 0. The number of benzene rings is 2. The van der Waals surface area contributed by atoms with Crippen LogP contribution in [-0.4, -0.2) is 11.6 Å². The van der Waals surface area contributed by atoms with Crippen LogP contribution in [0.3, 0.4) is 0 Å². The lowest BCUT2D eigenvalue weighted by Gasteiger charge is -1.98. The second-order valence-corrected chi connectivity index (χ2v) is 8.74. The van der Waals surface area contributed by atoms with E-state index in [1.807, 2.05) is 36.4 Å². The SMILES string of the molecule is O=C1/C(=C2/Sc3ccc(Br)cc3C2=O)Sc2ccc(Br)cc21. The summed E-state index contributed by atoms with van der Waals surface area (Å²) in [6.45, 7) is 0. The Kier molecular flexibility index (Phi) is 3.60. The number of fused-ring (bicyclic) bond motifs is 2. The fourth-order valence-corrected chi connectivity index (χ4v) is 5.38. The number of allylic oxidation sites excluding steroid dienone is 2. The number of rotatable bonds is 0. The normalized spacial score (nSPS) is 19.5. The second kappa shape index (κ2) is 5.37. The van der Waals surface area contributed by atoms with Crippen LogP contribution in [0.4, 0.5) is 0 Å². The van der Waals surface area contributed by atoms with Gasteiger partial charge in [-0.1, -0.05) is 55.4 Å². The van der Waals surface area contributed by atoms with E-state index in [4.69, 9.17) is 0 Å². The fourth-order valence-electron chi connectivity index (χ4n) is 2.39. The van der Waals surface area contributed by atoms with Crippen LogP contribution in [0.2, 0.25) is 0 Å². The van der Waals surface area contributed by atoms with Crippen LogP contribution < -0.4 is 0 Å². The van der Waals surface area contributed by atoms with Crippen molar-refractivity contribution in [3.63, 3.8) is 0 Å². The first kappa shape index (κ1) is 14.8. The predicted octanol–water partition coefficient (Wildman–Crippen LogP) is 5.70. The topological polar surface area (TPSA) is 34.1 Å². The van der Waals surface area contributed by atoms with Crippen molar-refractivity contribution in [2.75, 3.05) is 0 Å². The molecule has 4 rings (SSSR count). The van der Waals surface area contributed by atoms with Crippen LogP contribution in [0.1, 0.15) is 20.7 Å². The molecule has 2 heterocycles. The van der Waals surface area contributed by atoms with Gasteiger partial charge in [-0.05, 0) is 36.4 Å². The number of carbonyl (C=O) groups is 2. The number of hydrogen-bond acceptors (Lipinski definition) is 4. The maximum atomic E-state index is 12.6. The average Bonchev–Trinajstić information content (AvgIpc) is 2.98. The smallest absolute Gasteiger partial charge is 0.202 e. The van der Waals surface area contributed by atoms with Gasteiger partial charge in [-0.2, -0.15) is 0 Å². The summed E-state index contributed by atoms with van der Waals surface area (Å²) in [6, 6.07) is 11.2. The zero-order chi connectivity index (χ0) is 15.4. The summed E-state index contributed by atoms with van der Waals surface area (Å²) in [4.78, 5) is 28.1. The Morgan fingerprint density at radius 3 is 1.50 bits per heavy atom. The summed E-state index contributed by atoms with van der Waals surface area (Å²) >= 11 is 9.54. The molecule has 2 nitrogen and oxygen atoms in total. The monoisotopic (exact) mass is 452 g/mol.